The molecule has 0 aromatic carbocycles. The molecule has 1 amide bonds. The van der Waals surface area contributed by atoms with Crippen molar-refractivity contribution in [3.05, 3.63) is 45.4 Å². The number of amides is 1. The molecule has 2 saturated heterocycles. The van der Waals surface area contributed by atoms with Gasteiger partial charge in [0.15, 0.2) is 22.4 Å². The van der Waals surface area contributed by atoms with Crippen LogP contribution in [-0.2, 0) is 9.53 Å². The minimum atomic E-state index is -1.42. The summed E-state index contributed by atoms with van der Waals surface area (Å²) >= 11 is 1.22. The largest absolute Gasteiger partial charge is 0.477 e. The second-order valence-electron chi connectivity index (χ2n) is 8.46. The summed E-state index contributed by atoms with van der Waals surface area (Å²) in [6, 6.07) is 1.01. The van der Waals surface area contributed by atoms with E-state index in [1.165, 1.54) is 22.1 Å². The van der Waals surface area contributed by atoms with Gasteiger partial charge in [-0.25, -0.2) is 19.2 Å². The van der Waals surface area contributed by atoms with E-state index in [1.807, 2.05) is 0 Å². The van der Waals surface area contributed by atoms with E-state index in [0.29, 0.717) is 24.2 Å². The molecule has 12 heteroatoms. The normalized spacial score (nSPS) is 18.6. The first kappa shape index (κ1) is 22.4. The summed E-state index contributed by atoms with van der Waals surface area (Å²) in [5.41, 5.74) is -1.21. The maximum absolute atomic E-state index is 15.0. The third-order valence-corrected chi connectivity index (χ3v) is 6.91. The molecule has 10 nitrogen and oxygen atoms in total. The molecule has 2 aliphatic heterocycles. The topological polar surface area (TPSA) is 127 Å². The van der Waals surface area contributed by atoms with E-state index in [4.69, 9.17) is 4.74 Å². The van der Waals surface area contributed by atoms with Crippen molar-refractivity contribution in [3.8, 4) is 5.13 Å². The van der Waals surface area contributed by atoms with Crippen LogP contribution in [0.15, 0.2) is 28.6 Å². The Balaban J connectivity index is 1.38. The smallest absolute Gasteiger partial charge is 0.341 e. The van der Waals surface area contributed by atoms with Gasteiger partial charge in [-0.3, -0.25) is 14.2 Å². The molecule has 5 rings (SSSR count). The number of nitrogens with one attached hydrogen (secondary N) is 1. The predicted molar refractivity (Wildman–Crippen MR) is 122 cm³/mol. The zero-order chi connectivity index (χ0) is 23.8. The van der Waals surface area contributed by atoms with E-state index < -0.39 is 22.8 Å². The molecule has 2 N–H and O–H groups in total. The molecule has 3 aromatic heterocycles. The van der Waals surface area contributed by atoms with Crippen LogP contribution in [0.4, 0.5) is 10.2 Å². The number of thiazole rings is 1. The quantitative estimate of drug-likeness (QED) is 0.538. The molecule has 5 heterocycles. The highest BCUT2D eigenvalue weighted by Gasteiger charge is 2.35. The van der Waals surface area contributed by atoms with E-state index in [1.54, 1.807) is 10.3 Å². The minimum absolute atomic E-state index is 0.00464. The lowest BCUT2D eigenvalue weighted by Gasteiger charge is -2.39. The van der Waals surface area contributed by atoms with Gasteiger partial charge in [-0.2, -0.15) is 0 Å². The number of hydrogen-bond acceptors (Lipinski definition) is 8. The summed E-state index contributed by atoms with van der Waals surface area (Å²) in [7, 11) is 0. The van der Waals surface area contributed by atoms with Crippen molar-refractivity contribution in [2.24, 2.45) is 11.8 Å². The molecule has 0 bridgehead atoms. The third-order valence-electron chi connectivity index (χ3n) is 6.14. The Kier molecular flexibility index (Phi) is 6.00. The van der Waals surface area contributed by atoms with E-state index in [9.17, 15) is 23.9 Å². The van der Waals surface area contributed by atoms with Gasteiger partial charge < -0.3 is 20.1 Å². The summed E-state index contributed by atoms with van der Waals surface area (Å²) in [6.45, 7) is 2.55. The number of pyridine rings is 2. The van der Waals surface area contributed by atoms with Crippen LogP contribution in [0.25, 0.3) is 16.2 Å². The molecule has 0 aliphatic carbocycles. The Morgan fingerprint density at radius 1 is 1.35 bits per heavy atom. The highest BCUT2D eigenvalue weighted by Crippen LogP contribution is 2.29. The van der Waals surface area contributed by atoms with Gasteiger partial charge in [0.2, 0.25) is 11.3 Å². The van der Waals surface area contributed by atoms with Crippen LogP contribution < -0.4 is 15.6 Å². The van der Waals surface area contributed by atoms with Crippen LogP contribution in [0, 0.1) is 17.7 Å². The van der Waals surface area contributed by atoms with Crippen LogP contribution in [0.5, 0.6) is 0 Å². The number of carboxylic acids is 1. The maximum Gasteiger partial charge on any atom is 0.341 e. The molecule has 0 saturated carbocycles. The Bertz CT molecular complexity index is 1300. The molecule has 3 aromatic rings. The number of rotatable bonds is 6. The van der Waals surface area contributed by atoms with Crippen molar-refractivity contribution in [3.63, 3.8) is 0 Å². The van der Waals surface area contributed by atoms with Gasteiger partial charge in [0, 0.05) is 44.0 Å². The number of carbonyl (C=O) groups excluding carboxylic acids is 1. The van der Waals surface area contributed by atoms with Gasteiger partial charge in [0.1, 0.15) is 5.56 Å². The van der Waals surface area contributed by atoms with Crippen molar-refractivity contribution in [1.82, 2.24) is 19.9 Å². The van der Waals surface area contributed by atoms with Crippen molar-refractivity contribution in [2.45, 2.75) is 12.8 Å². The molecule has 0 radical (unpaired) electrons. The van der Waals surface area contributed by atoms with Crippen LogP contribution >= 0.6 is 11.3 Å². The number of hydrogen-bond donors (Lipinski definition) is 2. The van der Waals surface area contributed by atoms with Crippen LogP contribution in [0.1, 0.15) is 23.2 Å². The van der Waals surface area contributed by atoms with E-state index in [-0.39, 0.29) is 41.8 Å². The molecule has 1 unspecified atom stereocenters. The Morgan fingerprint density at radius 3 is 2.85 bits per heavy atom. The minimum Gasteiger partial charge on any atom is -0.477 e. The van der Waals surface area contributed by atoms with Crippen LogP contribution in [-0.4, -0.2) is 64.4 Å². The molecule has 2 aliphatic rings. The number of aromatic nitrogens is 3. The fourth-order valence-corrected chi connectivity index (χ4v) is 4.86. The zero-order valence-electron chi connectivity index (χ0n) is 18.1. The van der Waals surface area contributed by atoms with E-state index >= 15 is 0 Å². The monoisotopic (exact) mass is 487 g/mol. The van der Waals surface area contributed by atoms with Gasteiger partial charge in [-0.1, -0.05) is 0 Å². The van der Waals surface area contributed by atoms with Crippen molar-refractivity contribution in [1.29, 1.82) is 0 Å². The number of anilines is 1. The molecular formula is C22H22FN5O5S. The number of aromatic carboxylic acids is 1. The van der Waals surface area contributed by atoms with E-state index in [0.717, 1.165) is 31.7 Å². The second kappa shape index (κ2) is 9.11. The van der Waals surface area contributed by atoms with Crippen molar-refractivity contribution in [2.75, 3.05) is 37.7 Å². The summed E-state index contributed by atoms with van der Waals surface area (Å²) < 4.78 is 21.8. The summed E-state index contributed by atoms with van der Waals surface area (Å²) in [4.78, 5) is 46.9. The average molecular weight is 488 g/mol. The number of fused-ring (bicyclic) bond motifs is 1. The fourth-order valence-electron chi connectivity index (χ4n) is 4.24. The predicted octanol–water partition coefficient (Wildman–Crippen LogP) is 1.66. The molecule has 178 valence electrons. The number of carbonyl (C=O) groups is 2. The van der Waals surface area contributed by atoms with Gasteiger partial charge in [-0.15, -0.1) is 11.3 Å². The average Bonchev–Trinajstić information content (AvgIpc) is 3.33. The zero-order valence-corrected chi connectivity index (χ0v) is 18.9. The lowest BCUT2D eigenvalue weighted by molar-refractivity contribution is -0.126. The first-order chi connectivity index (χ1) is 16.4. The van der Waals surface area contributed by atoms with Crippen LogP contribution in [0.2, 0.25) is 0 Å². The van der Waals surface area contributed by atoms with Gasteiger partial charge in [0.05, 0.1) is 17.9 Å². The van der Waals surface area contributed by atoms with Crippen LogP contribution in [0.3, 0.4) is 0 Å². The number of ether oxygens (including phenoxy) is 1. The molecular weight excluding hydrogens is 465 g/mol. The van der Waals surface area contributed by atoms with E-state index in [2.05, 4.69) is 15.3 Å². The van der Waals surface area contributed by atoms with Gasteiger partial charge in [-0.05, 0) is 24.8 Å². The van der Waals surface area contributed by atoms with Crippen molar-refractivity contribution < 1.29 is 23.8 Å². The summed E-state index contributed by atoms with van der Waals surface area (Å²) in [6.07, 6.45) is 4.70. The second-order valence-corrected chi connectivity index (χ2v) is 9.33. The highest BCUT2D eigenvalue weighted by molar-refractivity contribution is 7.12. The Morgan fingerprint density at radius 2 is 2.18 bits per heavy atom. The highest BCUT2D eigenvalue weighted by atomic mass is 32.1. The third kappa shape index (κ3) is 4.14. The number of carboxylic acid groups (broad SMARTS) is 1. The Hall–Kier alpha value is -3.38. The molecule has 0 spiro atoms. The number of nitrogens with zero attached hydrogens (tertiary/aromatic N) is 4. The lowest BCUT2D eigenvalue weighted by atomic mass is 9.97. The molecule has 34 heavy (non-hydrogen) atoms. The van der Waals surface area contributed by atoms with Gasteiger partial charge in [0.25, 0.3) is 0 Å². The summed E-state index contributed by atoms with van der Waals surface area (Å²) in [5, 5.41) is 14.3. The van der Waals surface area contributed by atoms with Crippen molar-refractivity contribution >= 4 is 40.1 Å². The first-order valence-electron chi connectivity index (χ1n) is 10.9. The summed E-state index contributed by atoms with van der Waals surface area (Å²) in [5.74, 6) is -2.24. The molecule has 1 atom stereocenters. The lowest BCUT2D eigenvalue weighted by Crippen LogP contribution is -2.55. The SMILES string of the molecule is O=C(O)c1cn(-c2nccs2)c2nc(N3CC(C(=O)NCC4CCCOC4)C3)c(F)cc2c1=O. The number of halogens is 1. The molecule has 2 fully saturated rings. The fraction of sp³-hybridized carbons (Fsp3) is 0.409. The Labute approximate surface area is 197 Å². The maximum atomic E-state index is 15.0. The standard InChI is InChI=1S/C22H22FN5O5S/c23-16-6-14-17(29)15(21(31)32)10-28(22-24-3-5-34-22)18(14)26-19(16)27-8-13(9-27)20(30)25-7-12-2-1-4-33-11-12/h3,5-6,10,12-13H,1-2,4,7-9,11H2,(H,25,30)(H,31,32). The van der Waals surface area contributed by atoms with Gasteiger partial charge >= 0.3 is 5.97 Å². The first-order valence-corrected chi connectivity index (χ1v) is 11.8.